The van der Waals surface area contributed by atoms with Gasteiger partial charge in [-0.05, 0) is 17.7 Å². The molecule has 1 atom stereocenters. The summed E-state index contributed by atoms with van der Waals surface area (Å²) in [6.07, 6.45) is 0.341. The zero-order valence-corrected chi connectivity index (χ0v) is 10.3. The number of thiol groups is 1. The van der Waals surface area contributed by atoms with Crippen molar-refractivity contribution in [2.45, 2.75) is 6.42 Å². The van der Waals surface area contributed by atoms with E-state index < -0.39 is 10.7 Å². The van der Waals surface area contributed by atoms with Crippen molar-refractivity contribution in [1.82, 2.24) is 0 Å². The molecule has 1 unspecified atom stereocenters. The second-order valence-corrected chi connectivity index (χ2v) is 4.55. The van der Waals surface area contributed by atoms with Gasteiger partial charge in [-0.2, -0.15) is 12.6 Å². The molecular weight excluding hydrogens is 259 g/mol. The van der Waals surface area contributed by atoms with Crippen LogP contribution in [0.25, 0.3) is 0 Å². The molecule has 1 aliphatic heterocycles. The van der Waals surface area contributed by atoms with Crippen LogP contribution in [0.15, 0.2) is 18.2 Å². The summed E-state index contributed by atoms with van der Waals surface area (Å²) in [7, 11) is 0. The Morgan fingerprint density at radius 2 is 2.22 bits per heavy atom. The number of carbonyl (C=O) groups excluding carboxylic acids is 1. The third-order valence-corrected chi connectivity index (χ3v) is 3.37. The van der Waals surface area contributed by atoms with Crippen LogP contribution in [0.3, 0.4) is 0 Å². The van der Waals surface area contributed by atoms with Crippen LogP contribution in [0, 0.1) is 21.8 Å². The first-order chi connectivity index (χ1) is 8.51. The van der Waals surface area contributed by atoms with Gasteiger partial charge < -0.3 is 4.90 Å². The zero-order chi connectivity index (χ0) is 13.3. The first kappa shape index (κ1) is 12.8. The number of nitro benzene ring substituents is 1. The van der Waals surface area contributed by atoms with Gasteiger partial charge in [0, 0.05) is 19.0 Å². The lowest BCUT2D eigenvalue weighted by atomic mass is 10.1. The van der Waals surface area contributed by atoms with E-state index in [9.17, 15) is 19.3 Å². The third kappa shape index (κ3) is 2.45. The molecule has 1 amide bonds. The van der Waals surface area contributed by atoms with E-state index in [0.29, 0.717) is 18.7 Å². The van der Waals surface area contributed by atoms with Crippen LogP contribution in [0.2, 0.25) is 0 Å². The van der Waals surface area contributed by atoms with Crippen molar-refractivity contribution in [3.05, 3.63) is 34.1 Å². The minimum absolute atomic E-state index is 0.100. The smallest absolute Gasteiger partial charge is 0.274 e. The van der Waals surface area contributed by atoms with Gasteiger partial charge in [0.15, 0.2) is 0 Å². The quantitative estimate of drug-likeness (QED) is 0.519. The fraction of sp³-hybridized carbons (Fsp3) is 0.364. The van der Waals surface area contributed by atoms with E-state index in [1.165, 1.54) is 11.0 Å². The molecule has 1 fully saturated rings. The Morgan fingerprint density at radius 1 is 1.50 bits per heavy atom. The van der Waals surface area contributed by atoms with Crippen molar-refractivity contribution in [3.63, 3.8) is 0 Å². The second-order valence-electron chi connectivity index (χ2n) is 4.18. The van der Waals surface area contributed by atoms with E-state index in [-0.39, 0.29) is 23.2 Å². The number of hydrogen-bond donors (Lipinski definition) is 1. The van der Waals surface area contributed by atoms with Crippen molar-refractivity contribution < 1.29 is 14.1 Å². The Labute approximate surface area is 108 Å². The summed E-state index contributed by atoms with van der Waals surface area (Å²) in [5.74, 6) is -0.224. The monoisotopic (exact) mass is 270 g/mol. The Balaban J connectivity index is 2.34. The molecule has 1 heterocycles. The maximum Gasteiger partial charge on any atom is 0.274 e. The van der Waals surface area contributed by atoms with Crippen LogP contribution in [-0.4, -0.2) is 23.1 Å². The summed E-state index contributed by atoms with van der Waals surface area (Å²) in [6.45, 7) is 0.420. The van der Waals surface area contributed by atoms with Crippen LogP contribution in [0.1, 0.15) is 6.42 Å². The SMILES string of the molecule is O=C1CC(CS)CN1c1cc(F)cc([N+](=O)[O-])c1. The molecule has 0 N–H and O–H groups in total. The van der Waals surface area contributed by atoms with E-state index in [4.69, 9.17) is 0 Å². The molecule has 0 bridgehead atoms. The second kappa shape index (κ2) is 4.93. The van der Waals surface area contributed by atoms with Crippen LogP contribution in [0.4, 0.5) is 15.8 Å². The Hall–Kier alpha value is -1.63. The lowest BCUT2D eigenvalue weighted by Gasteiger charge is -2.16. The number of rotatable bonds is 3. The fourth-order valence-electron chi connectivity index (χ4n) is 1.97. The lowest BCUT2D eigenvalue weighted by molar-refractivity contribution is -0.385. The highest BCUT2D eigenvalue weighted by Gasteiger charge is 2.30. The highest BCUT2D eigenvalue weighted by molar-refractivity contribution is 7.80. The number of hydrogen-bond acceptors (Lipinski definition) is 4. The minimum atomic E-state index is -0.721. The lowest BCUT2D eigenvalue weighted by Crippen LogP contribution is -2.24. The first-order valence-corrected chi connectivity index (χ1v) is 6.00. The molecule has 5 nitrogen and oxygen atoms in total. The van der Waals surface area contributed by atoms with Gasteiger partial charge in [0.1, 0.15) is 5.82 Å². The predicted molar refractivity (Wildman–Crippen MR) is 67.4 cm³/mol. The van der Waals surface area contributed by atoms with Gasteiger partial charge >= 0.3 is 0 Å². The molecule has 0 aliphatic carbocycles. The summed E-state index contributed by atoms with van der Waals surface area (Å²) in [4.78, 5) is 23.1. The number of nitrogens with zero attached hydrogens (tertiary/aromatic N) is 2. The number of benzene rings is 1. The molecule has 1 aliphatic rings. The first-order valence-electron chi connectivity index (χ1n) is 5.37. The maximum atomic E-state index is 13.3. The largest absolute Gasteiger partial charge is 0.312 e. The summed E-state index contributed by atoms with van der Waals surface area (Å²) < 4.78 is 13.3. The molecule has 1 saturated heterocycles. The maximum absolute atomic E-state index is 13.3. The number of anilines is 1. The van der Waals surface area contributed by atoms with Crippen LogP contribution >= 0.6 is 12.6 Å². The molecule has 0 spiro atoms. The van der Waals surface area contributed by atoms with Gasteiger partial charge in [-0.25, -0.2) is 4.39 Å². The van der Waals surface area contributed by atoms with E-state index in [1.54, 1.807) is 0 Å². The van der Waals surface area contributed by atoms with Gasteiger partial charge in [0.2, 0.25) is 5.91 Å². The molecule has 0 aromatic heterocycles. The van der Waals surface area contributed by atoms with Crippen molar-refractivity contribution in [1.29, 1.82) is 0 Å². The topological polar surface area (TPSA) is 63.5 Å². The molecule has 0 radical (unpaired) electrons. The molecule has 2 rings (SSSR count). The van der Waals surface area contributed by atoms with Crippen molar-refractivity contribution in [2.75, 3.05) is 17.2 Å². The normalized spacial score (nSPS) is 19.3. The van der Waals surface area contributed by atoms with E-state index in [0.717, 1.165) is 12.1 Å². The van der Waals surface area contributed by atoms with Gasteiger partial charge in [-0.3, -0.25) is 14.9 Å². The van der Waals surface area contributed by atoms with Crippen molar-refractivity contribution in [3.8, 4) is 0 Å². The van der Waals surface area contributed by atoms with Crippen LogP contribution in [0.5, 0.6) is 0 Å². The van der Waals surface area contributed by atoms with Crippen molar-refractivity contribution in [2.24, 2.45) is 5.92 Å². The van der Waals surface area contributed by atoms with Gasteiger partial charge in [0.05, 0.1) is 16.7 Å². The van der Waals surface area contributed by atoms with E-state index in [2.05, 4.69) is 12.6 Å². The van der Waals surface area contributed by atoms with Crippen molar-refractivity contribution >= 4 is 29.9 Å². The Bertz CT molecular complexity index is 509. The predicted octanol–water partition coefficient (Wildman–Crippen LogP) is 2.02. The Morgan fingerprint density at radius 3 is 2.78 bits per heavy atom. The van der Waals surface area contributed by atoms with Gasteiger partial charge in [-0.15, -0.1) is 0 Å². The molecule has 1 aromatic carbocycles. The van der Waals surface area contributed by atoms with Gasteiger partial charge in [-0.1, -0.05) is 0 Å². The van der Waals surface area contributed by atoms with Gasteiger partial charge in [0.25, 0.3) is 5.69 Å². The third-order valence-electron chi connectivity index (χ3n) is 2.85. The summed E-state index contributed by atoms with van der Waals surface area (Å²) in [5, 5.41) is 10.6. The molecule has 18 heavy (non-hydrogen) atoms. The summed E-state index contributed by atoms with van der Waals surface area (Å²) >= 11 is 4.12. The number of nitro groups is 1. The molecule has 7 heteroatoms. The zero-order valence-electron chi connectivity index (χ0n) is 9.38. The minimum Gasteiger partial charge on any atom is -0.312 e. The summed E-state index contributed by atoms with van der Waals surface area (Å²) in [5.41, 5.74) is -0.122. The standard InChI is InChI=1S/C11H11FN2O3S/c12-8-2-9(4-10(3-8)14(16)17)13-5-7(6-18)1-11(13)15/h2-4,7,18H,1,5-6H2. The van der Waals surface area contributed by atoms with Crippen LogP contribution in [-0.2, 0) is 4.79 Å². The Kier molecular flexibility index (Phi) is 3.51. The number of amides is 1. The molecule has 1 aromatic rings. The number of carbonyl (C=O) groups is 1. The number of halogens is 1. The molecule has 96 valence electrons. The highest BCUT2D eigenvalue weighted by Crippen LogP contribution is 2.29. The molecule has 0 saturated carbocycles. The average Bonchev–Trinajstić information content (AvgIpc) is 2.69. The number of non-ortho nitro benzene ring substituents is 1. The summed E-state index contributed by atoms with van der Waals surface area (Å²) in [6, 6.07) is 3.17. The molecular formula is C11H11FN2O3S. The van der Waals surface area contributed by atoms with E-state index in [1.807, 2.05) is 0 Å². The highest BCUT2D eigenvalue weighted by atomic mass is 32.1. The fourth-order valence-corrected chi connectivity index (χ4v) is 2.22. The van der Waals surface area contributed by atoms with Crippen LogP contribution < -0.4 is 4.90 Å². The average molecular weight is 270 g/mol. The van der Waals surface area contributed by atoms with E-state index >= 15 is 0 Å².